The second-order valence-electron chi connectivity index (χ2n) is 9.38. The zero-order valence-electron chi connectivity index (χ0n) is 20.8. The highest BCUT2D eigenvalue weighted by molar-refractivity contribution is 7.89. The minimum atomic E-state index is -3.74. The molecule has 0 saturated carbocycles. The highest BCUT2D eigenvalue weighted by Crippen LogP contribution is 2.36. The fraction of sp³-hybridized carbons (Fsp3) is 0.200. The molecule has 6 nitrogen and oxygen atoms in total. The lowest BCUT2D eigenvalue weighted by atomic mass is 10.1. The molecule has 1 aromatic heterocycles. The summed E-state index contributed by atoms with van der Waals surface area (Å²) in [4.78, 5) is 19.7. The normalized spacial score (nSPS) is 14.7. The van der Waals surface area contributed by atoms with Gasteiger partial charge < -0.3 is 4.90 Å². The van der Waals surface area contributed by atoms with Crippen LogP contribution in [0.2, 0.25) is 5.02 Å². The van der Waals surface area contributed by atoms with Crippen molar-refractivity contribution in [2.45, 2.75) is 43.2 Å². The predicted octanol–water partition coefficient (Wildman–Crippen LogP) is 5.87. The van der Waals surface area contributed by atoms with Crippen LogP contribution in [0, 0.1) is 0 Å². The topological polar surface area (TPSA) is 79.4 Å². The second-order valence-corrected chi connectivity index (χ2v) is 11.5. The van der Waals surface area contributed by atoms with Gasteiger partial charge in [0.25, 0.3) is 0 Å². The molecule has 1 unspecified atom stereocenters. The van der Waals surface area contributed by atoms with Crippen LogP contribution < -0.4 is 9.62 Å². The largest absolute Gasteiger partial charge is 0.308 e. The first-order valence-corrected chi connectivity index (χ1v) is 14.4. The van der Waals surface area contributed by atoms with Gasteiger partial charge in [-0.05, 0) is 84.0 Å². The SMILES string of the molecule is O=C(CCc1ccccc1)N(Cc1cccnc1)c1ccc2c(c1)C(NS(=O)(=O)c1ccc(Cl)cc1)CC2. The monoisotopic (exact) mass is 545 g/mol. The first kappa shape index (κ1) is 26.1. The summed E-state index contributed by atoms with van der Waals surface area (Å²) >= 11 is 5.94. The van der Waals surface area contributed by atoms with Gasteiger partial charge in [-0.25, -0.2) is 13.1 Å². The van der Waals surface area contributed by atoms with E-state index in [1.54, 1.807) is 29.4 Å². The van der Waals surface area contributed by atoms with Crippen LogP contribution in [0.1, 0.15) is 41.1 Å². The molecule has 38 heavy (non-hydrogen) atoms. The van der Waals surface area contributed by atoms with Gasteiger partial charge in [0.05, 0.1) is 11.4 Å². The van der Waals surface area contributed by atoms with Crippen molar-refractivity contribution >= 4 is 33.2 Å². The van der Waals surface area contributed by atoms with E-state index in [0.717, 1.165) is 34.4 Å². The number of aryl methyl sites for hydroxylation is 2. The Bertz CT molecular complexity index is 1510. The molecule has 1 N–H and O–H groups in total. The molecule has 8 heteroatoms. The van der Waals surface area contributed by atoms with Gasteiger partial charge in [0, 0.05) is 35.6 Å². The third kappa shape index (κ3) is 6.13. The van der Waals surface area contributed by atoms with Crippen molar-refractivity contribution in [3.63, 3.8) is 0 Å². The van der Waals surface area contributed by atoms with Crippen LogP contribution in [0.4, 0.5) is 5.69 Å². The number of sulfonamides is 1. The van der Waals surface area contributed by atoms with Gasteiger partial charge >= 0.3 is 0 Å². The minimum Gasteiger partial charge on any atom is -0.308 e. The van der Waals surface area contributed by atoms with Crippen molar-refractivity contribution in [3.8, 4) is 0 Å². The van der Waals surface area contributed by atoms with Crippen molar-refractivity contribution in [3.05, 3.63) is 125 Å². The van der Waals surface area contributed by atoms with Crippen molar-refractivity contribution < 1.29 is 13.2 Å². The van der Waals surface area contributed by atoms with E-state index in [2.05, 4.69) is 9.71 Å². The fourth-order valence-electron chi connectivity index (χ4n) is 4.78. The molecule has 0 spiro atoms. The number of nitrogens with one attached hydrogen (secondary N) is 1. The molecule has 0 aliphatic heterocycles. The number of rotatable bonds is 9. The third-order valence-electron chi connectivity index (χ3n) is 6.78. The summed E-state index contributed by atoms with van der Waals surface area (Å²) in [6.07, 6.45) is 5.86. The zero-order chi connectivity index (χ0) is 26.5. The Morgan fingerprint density at radius 1 is 0.974 bits per heavy atom. The molecule has 194 valence electrons. The molecule has 5 rings (SSSR count). The van der Waals surface area contributed by atoms with E-state index >= 15 is 0 Å². The zero-order valence-corrected chi connectivity index (χ0v) is 22.3. The summed E-state index contributed by atoms with van der Waals surface area (Å²) in [5.74, 6) is -0.00560. The van der Waals surface area contributed by atoms with Crippen LogP contribution in [0.3, 0.4) is 0 Å². The summed E-state index contributed by atoms with van der Waals surface area (Å²) in [5.41, 5.74) is 4.74. The Balaban J connectivity index is 1.41. The van der Waals surface area contributed by atoms with Crippen LogP contribution in [-0.4, -0.2) is 19.3 Å². The van der Waals surface area contributed by atoms with Gasteiger partial charge in [0.15, 0.2) is 0 Å². The van der Waals surface area contributed by atoms with E-state index in [1.165, 1.54) is 12.1 Å². The molecule has 0 saturated heterocycles. The van der Waals surface area contributed by atoms with E-state index in [-0.39, 0.29) is 16.8 Å². The molecule has 0 bridgehead atoms. The number of carbonyl (C=O) groups excluding carboxylic acids is 1. The van der Waals surface area contributed by atoms with Crippen LogP contribution in [0.15, 0.2) is 102 Å². The molecular weight excluding hydrogens is 518 g/mol. The Morgan fingerprint density at radius 2 is 1.74 bits per heavy atom. The molecule has 0 radical (unpaired) electrons. The first-order chi connectivity index (χ1) is 18.4. The van der Waals surface area contributed by atoms with E-state index < -0.39 is 10.0 Å². The number of anilines is 1. The van der Waals surface area contributed by atoms with Gasteiger partial charge in [0.1, 0.15) is 0 Å². The first-order valence-electron chi connectivity index (χ1n) is 12.5. The van der Waals surface area contributed by atoms with Gasteiger partial charge in [-0.2, -0.15) is 0 Å². The van der Waals surface area contributed by atoms with Crippen LogP contribution >= 0.6 is 11.6 Å². The summed E-state index contributed by atoms with van der Waals surface area (Å²) in [6, 6.07) is 25.4. The Kier molecular flexibility index (Phi) is 7.88. The maximum absolute atomic E-state index is 13.5. The van der Waals surface area contributed by atoms with Crippen LogP contribution in [-0.2, 0) is 34.2 Å². The molecule has 1 aliphatic carbocycles. The quantitative estimate of drug-likeness (QED) is 0.285. The number of nitrogens with zero attached hydrogens (tertiary/aromatic N) is 2. The third-order valence-corrected chi connectivity index (χ3v) is 8.51. The number of carbonyl (C=O) groups is 1. The lowest BCUT2D eigenvalue weighted by Crippen LogP contribution is -2.31. The molecule has 1 aliphatic rings. The van der Waals surface area contributed by atoms with E-state index in [1.807, 2.05) is 60.7 Å². The smallest absolute Gasteiger partial charge is 0.241 e. The number of hydrogen-bond acceptors (Lipinski definition) is 4. The number of halogens is 1. The summed E-state index contributed by atoms with van der Waals surface area (Å²) in [5, 5.41) is 0.477. The number of benzene rings is 3. The van der Waals surface area contributed by atoms with Gasteiger partial charge in [0.2, 0.25) is 15.9 Å². The average molecular weight is 546 g/mol. The van der Waals surface area contributed by atoms with Crippen molar-refractivity contribution in [1.29, 1.82) is 0 Å². The minimum absolute atomic E-state index is 0.00560. The number of fused-ring (bicyclic) bond motifs is 1. The Labute approximate surface area is 228 Å². The molecule has 3 aromatic carbocycles. The highest BCUT2D eigenvalue weighted by atomic mass is 35.5. The van der Waals surface area contributed by atoms with Gasteiger partial charge in [-0.1, -0.05) is 54.1 Å². The summed E-state index contributed by atoms with van der Waals surface area (Å²) in [7, 11) is -3.74. The maximum Gasteiger partial charge on any atom is 0.241 e. The molecular formula is C30H28ClN3O3S. The van der Waals surface area contributed by atoms with E-state index in [4.69, 9.17) is 11.6 Å². The van der Waals surface area contributed by atoms with Crippen molar-refractivity contribution in [2.24, 2.45) is 0 Å². The molecule has 1 heterocycles. The molecule has 1 amide bonds. The maximum atomic E-state index is 13.5. The van der Waals surface area contributed by atoms with Crippen LogP contribution in [0.5, 0.6) is 0 Å². The molecule has 0 fully saturated rings. The van der Waals surface area contributed by atoms with Gasteiger partial charge in [-0.15, -0.1) is 0 Å². The Hall–Kier alpha value is -3.52. The number of pyridine rings is 1. The number of hydrogen-bond donors (Lipinski definition) is 1. The standard InChI is InChI=1S/C30H28ClN3O3S/c31-25-11-14-27(15-12-25)38(36,37)33-29-16-10-24-9-13-26(19-28(24)29)34(21-23-7-4-18-32-20-23)30(35)17-8-22-5-2-1-3-6-22/h1-7,9,11-15,18-20,29,33H,8,10,16-17,21H2. The lowest BCUT2D eigenvalue weighted by Gasteiger charge is -2.25. The van der Waals surface area contributed by atoms with Crippen molar-refractivity contribution in [1.82, 2.24) is 9.71 Å². The van der Waals surface area contributed by atoms with Crippen LogP contribution in [0.25, 0.3) is 0 Å². The lowest BCUT2D eigenvalue weighted by molar-refractivity contribution is -0.118. The second kappa shape index (κ2) is 11.5. The summed E-state index contributed by atoms with van der Waals surface area (Å²) in [6.45, 7) is 0.376. The molecule has 1 atom stereocenters. The number of aromatic nitrogens is 1. The highest BCUT2D eigenvalue weighted by Gasteiger charge is 2.29. The average Bonchev–Trinajstić information content (AvgIpc) is 3.33. The molecule has 4 aromatic rings. The van der Waals surface area contributed by atoms with E-state index in [9.17, 15) is 13.2 Å². The Morgan fingerprint density at radius 3 is 2.47 bits per heavy atom. The predicted molar refractivity (Wildman–Crippen MR) is 149 cm³/mol. The van der Waals surface area contributed by atoms with Crippen molar-refractivity contribution in [2.75, 3.05) is 4.90 Å². The number of amides is 1. The summed E-state index contributed by atoms with van der Waals surface area (Å²) < 4.78 is 29.0. The van der Waals surface area contributed by atoms with E-state index in [0.29, 0.717) is 30.8 Å². The fourth-order valence-corrected chi connectivity index (χ4v) is 6.15. The van der Waals surface area contributed by atoms with Gasteiger partial charge in [-0.3, -0.25) is 9.78 Å².